The van der Waals surface area contributed by atoms with Gasteiger partial charge in [-0.1, -0.05) is 70.6 Å². The second-order valence-corrected chi connectivity index (χ2v) is 15.3. The van der Waals surface area contributed by atoms with Gasteiger partial charge >= 0.3 is 0 Å². The van der Waals surface area contributed by atoms with Gasteiger partial charge in [0.05, 0.1) is 6.10 Å². The van der Waals surface area contributed by atoms with Crippen LogP contribution in [0.5, 0.6) is 0 Å². The molecule has 29 heavy (non-hydrogen) atoms. The fourth-order valence-electron chi connectivity index (χ4n) is 3.37. The van der Waals surface area contributed by atoms with E-state index in [1.807, 2.05) is 19.1 Å². The molecule has 0 N–H and O–H groups in total. The van der Waals surface area contributed by atoms with Crippen LogP contribution in [-0.2, 0) is 9.22 Å². The van der Waals surface area contributed by atoms with Crippen LogP contribution >= 0.6 is 0 Å². The minimum atomic E-state index is -1.80. The summed E-state index contributed by atoms with van der Waals surface area (Å²) in [4.78, 5) is 10.5. The second-order valence-electron chi connectivity index (χ2n) is 10.5. The summed E-state index contributed by atoms with van der Waals surface area (Å²) in [5.41, 5.74) is 5.08. The summed E-state index contributed by atoms with van der Waals surface area (Å²) in [6.07, 6.45) is 15.3. The highest BCUT2D eigenvalue weighted by atomic mass is 28.4. The van der Waals surface area contributed by atoms with Crippen LogP contribution in [0.4, 0.5) is 0 Å². The lowest BCUT2D eigenvalue weighted by Gasteiger charge is -2.44. The zero-order valence-corrected chi connectivity index (χ0v) is 21.3. The largest absolute Gasteiger partial charge is 0.410 e. The van der Waals surface area contributed by atoms with E-state index in [1.54, 1.807) is 6.08 Å². The van der Waals surface area contributed by atoms with Crippen molar-refractivity contribution in [2.45, 2.75) is 92.5 Å². The van der Waals surface area contributed by atoms with Crippen molar-refractivity contribution in [3.8, 4) is 0 Å². The molecular weight excluding hydrogens is 372 g/mol. The molecule has 0 bridgehead atoms. The third-order valence-electron chi connectivity index (χ3n) is 6.47. The van der Waals surface area contributed by atoms with Crippen molar-refractivity contribution in [2.75, 3.05) is 0 Å². The van der Waals surface area contributed by atoms with E-state index in [4.69, 9.17) is 4.43 Å². The molecule has 0 aliphatic heterocycles. The van der Waals surface area contributed by atoms with Crippen LogP contribution in [0.25, 0.3) is 0 Å². The third-order valence-corrected chi connectivity index (χ3v) is 11.0. The summed E-state index contributed by atoms with van der Waals surface area (Å²) in [6, 6.07) is 0. The zero-order valence-electron chi connectivity index (χ0n) is 20.3. The fraction of sp³-hybridized carbons (Fsp3) is 0.577. The van der Waals surface area contributed by atoms with E-state index in [0.717, 1.165) is 24.7 Å². The summed E-state index contributed by atoms with van der Waals surface area (Å²) < 4.78 is 6.79. The van der Waals surface area contributed by atoms with Gasteiger partial charge in [0.25, 0.3) is 0 Å². The summed E-state index contributed by atoms with van der Waals surface area (Å²) in [7, 11) is -1.80. The number of hydrogen-bond acceptors (Lipinski definition) is 2. The van der Waals surface area contributed by atoms with Crippen LogP contribution in [0.15, 0.2) is 58.7 Å². The molecule has 0 amide bonds. The number of aldehydes is 1. The molecular formula is C26H42O2Si. The van der Waals surface area contributed by atoms with Crippen molar-refractivity contribution >= 4 is 14.6 Å². The molecule has 3 heteroatoms. The van der Waals surface area contributed by atoms with Crippen molar-refractivity contribution in [2.24, 2.45) is 5.41 Å². The molecule has 0 aromatic heterocycles. The maximum absolute atomic E-state index is 10.5. The number of rotatable bonds is 7. The van der Waals surface area contributed by atoms with Gasteiger partial charge in [-0.3, -0.25) is 4.79 Å². The lowest BCUT2D eigenvalue weighted by molar-refractivity contribution is -0.104. The molecule has 1 unspecified atom stereocenters. The highest BCUT2D eigenvalue weighted by molar-refractivity contribution is 6.74. The molecule has 1 rings (SSSR count). The standard InChI is InChI=1S/C26H42O2Si/c1-20(12-11-13-21(2)17-19-27)14-15-23-22(3)24(16-18-26(23,7)8)28-29(9,10)25(4,5)6/h11-15,17,19,24H,16,18H2,1-10H3/b13-11+,15-14+,20-12+,21-17+. The molecule has 1 aliphatic carbocycles. The van der Waals surface area contributed by atoms with E-state index in [9.17, 15) is 4.79 Å². The van der Waals surface area contributed by atoms with Gasteiger partial charge < -0.3 is 4.43 Å². The number of allylic oxidation sites excluding steroid dienone is 9. The Morgan fingerprint density at radius 2 is 1.69 bits per heavy atom. The predicted molar refractivity (Wildman–Crippen MR) is 130 cm³/mol. The quantitative estimate of drug-likeness (QED) is 0.184. The lowest BCUT2D eigenvalue weighted by atomic mass is 9.71. The first-order valence-corrected chi connectivity index (χ1v) is 13.7. The van der Waals surface area contributed by atoms with Crippen molar-refractivity contribution in [1.29, 1.82) is 0 Å². The Hall–Kier alpha value is -1.45. The Kier molecular flexibility index (Phi) is 8.85. The van der Waals surface area contributed by atoms with Gasteiger partial charge in [-0.2, -0.15) is 0 Å². The first-order valence-electron chi connectivity index (χ1n) is 10.8. The van der Waals surface area contributed by atoms with Gasteiger partial charge in [0.2, 0.25) is 0 Å². The summed E-state index contributed by atoms with van der Waals surface area (Å²) in [6.45, 7) is 22.6. The van der Waals surface area contributed by atoms with Gasteiger partial charge in [0.1, 0.15) is 6.29 Å². The smallest absolute Gasteiger partial charge is 0.192 e. The Balaban J connectivity index is 3.10. The Labute approximate surface area is 180 Å². The molecule has 0 heterocycles. The maximum atomic E-state index is 10.5. The van der Waals surface area contributed by atoms with E-state index in [1.165, 1.54) is 16.7 Å². The van der Waals surface area contributed by atoms with Crippen LogP contribution in [0.3, 0.4) is 0 Å². The van der Waals surface area contributed by atoms with Crippen LogP contribution in [0.2, 0.25) is 18.1 Å². The third kappa shape index (κ3) is 7.38. The van der Waals surface area contributed by atoms with E-state index in [0.29, 0.717) is 0 Å². The number of hydrogen-bond donors (Lipinski definition) is 0. The van der Waals surface area contributed by atoms with Gasteiger partial charge in [0.15, 0.2) is 8.32 Å². The first-order chi connectivity index (χ1) is 13.2. The van der Waals surface area contributed by atoms with Crippen LogP contribution in [0, 0.1) is 5.41 Å². The average Bonchev–Trinajstić information content (AvgIpc) is 2.56. The molecule has 0 saturated heterocycles. The molecule has 0 radical (unpaired) electrons. The van der Waals surface area contributed by atoms with Gasteiger partial charge in [-0.25, -0.2) is 0 Å². The average molecular weight is 415 g/mol. The molecule has 162 valence electrons. The molecule has 0 spiro atoms. The molecule has 0 fully saturated rings. The first kappa shape index (κ1) is 25.6. The van der Waals surface area contributed by atoms with Gasteiger partial charge in [-0.05, 0) is 80.0 Å². The van der Waals surface area contributed by atoms with Gasteiger partial charge in [-0.15, -0.1) is 0 Å². The van der Waals surface area contributed by atoms with Crippen LogP contribution in [-0.4, -0.2) is 20.7 Å². The Bertz CT molecular complexity index is 737. The van der Waals surface area contributed by atoms with Crippen molar-refractivity contribution < 1.29 is 9.22 Å². The minimum Gasteiger partial charge on any atom is -0.410 e. The molecule has 0 saturated carbocycles. The molecule has 0 aromatic rings. The highest BCUT2D eigenvalue weighted by Gasteiger charge is 2.41. The molecule has 2 nitrogen and oxygen atoms in total. The van der Waals surface area contributed by atoms with Crippen LogP contribution < -0.4 is 0 Å². The van der Waals surface area contributed by atoms with Crippen LogP contribution in [0.1, 0.15) is 68.2 Å². The normalized spacial score (nSPS) is 22.1. The van der Waals surface area contributed by atoms with E-state index in [-0.39, 0.29) is 16.6 Å². The molecule has 1 atom stereocenters. The summed E-state index contributed by atoms with van der Waals surface area (Å²) in [5.74, 6) is 0. The van der Waals surface area contributed by atoms with E-state index < -0.39 is 8.32 Å². The van der Waals surface area contributed by atoms with E-state index in [2.05, 4.69) is 79.8 Å². The van der Waals surface area contributed by atoms with E-state index >= 15 is 0 Å². The number of carbonyl (C=O) groups excluding carboxylic acids is 1. The molecule has 1 aliphatic rings. The minimum absolute atomic E-state index is 0.160. The Morgan fingerprint density at radius 1 is 1.10 bits per heavy atom. The molecule has 0 aromatic carbocycles. The zero-order chi connectivity index (χ0) is 22.5. The highest BCUT2D eigenvalue weighted by Crippen LogP contribution is 2.45. The van der Waals surface area contributed by atoms with Crippen molar-refractivity contribution in [1.82, 2.24) is 0 Å². The monoisotopic (exact) mass is 414 g/mol. The SMILES string of the molecule is CC1=C(/C=C/C(C)=C/C=C/C(C)=C/C=O)C(C)(C)CCC1O[Si](C)(C)C(C)(C)C. The predicted octanol–water partition coefficient (Wildman–Crippen LogP) is 7.72. The fourth-order valence-corrected chi connectivity index (χ4v) is 4.73. The summed E-state index contributed by atoms with van der Waals surface area (Å²) >= 11 is 0. The van der Waals surface area contributed by atoms with Crippen molar-refractivity contribution in [3.05, 3.63) is 58.7 Å². The van der Waals surface area contributed by atoms with Gasteiger partial charge in [0, 0.05) is 0 Å². The van der Waals surface area contributed by atoms with Crippen molar-refractivity contribution in [3.63, 3.8) is 0 Å². The number of carbonyl (C=O) groups is 1. The second kappa shape index (κ2) is 10.0. The Morgan fingerprint density at radius 3 is 2.24 bits per heavy atom. The maximum Gasteiger partial charge on any atom is 0.192 e. The lowest BCUT2D eigenvalue weighted by Crippen LogP contribution is -2.45. The summed E-state index contributed by atoms with van der Waals surface area (Å²) in [5, 5.41) is 0.221. The topological polar surface area (TPSA) is 26.3 Å².